The predicted octanol–water partition coefficient (Wildman–Crippen LogP) is 3.44. The van der Waals surface area contributed by atoms with Crippen molar-refractivity contribution >= 4 is 0 Å². The second-order valence-electron chi connectivity index (χ2n) is 3.08. The molecule has 82 valence electrons. The van der Waals surface area contributed by atoms with Gasteiger partial charge in [0.15, 0.2) is 0 Å². The van der Waals surface area contributed by atoms with Crippen LogP contribution in [0.1, 0.15) is 5.69 Å². The second-order valence-corrected chi connectivity index (χ2v) is 3.08. The first-order valence-corrected chi connectivity index (χ1v) is 4.36. The van der Waals surface area contributed by atoms with Gasteiger partial charge in [0, 0.05) is 17.7 Å². The van der Waals surface area contributed by atoms with Gasteiger partial charge >= 0.3 is 21.1 Å². The van der Waals surface area contributed by atoms with Crippen LogP contribution in [0.3, 0.4) is 0 Å². The van der Waals surface area contributed by atoms with Crippen molar-refractivity contribution in [3.8, 4) is 11.1 Å². The monoisotopic (exact) mass is 385 g/mol. The third-order valence-electron chi connectivity index (χ3n) is 2.01. The number of aryl methyl sites for hydroxylation is 1. The Bertz CT molecular complexity index is 457. The van der Waals surface area contributed by atoms with Gasteiger partial charge in [-0.3, -0.25) is 4.98 Å². The number of pyridine rings is 1. The summed E-state index contributed by atoms with van der Waals surface area (Å²) >= 11 is 0. The zero-order chi connectivity index (χ0) is 9.97. The van der Waals surface area contributed by atoms with E-state index in [1.807, 2.05) is 13.0 Å². The van der Waals surface area contributed by atoms with Crippen LogP contribution in [-0.4, -0.2) is 4.98 Å². The summed E-state index contributed by atoms with van der Waals surface area (Å²) in [5.74, 6) is -0.321. The molecule has 0 aliphatic carbocycles. The third kappa shape index (κ3) is 3.24. The Balaban J connectivity index is 0.00000112. The van der Waals surface area contributed by atoms with Crippen LogP contribution in [0, 0.1) is 26.2 Å². The molecule has 0 amide bonds. The van der Waals surface area contributed by atoms with Crippen molar-refractivity contribution in [2.24, 2.45) is 0 Å². The molecule has 0 atom stereocenters. The minimum atomic E-state index is -0.321. The van der Waals surface area contributed by atoms with E-state index in [1.54, 1.807) is 30.5 Å². The summed E-state index contributed by atoms with van der Waals surface area (Å²) in [6.07, 6.45) is 1.68. The van der Waals surface area contributed by atoms with Gasteiger partial charge in [-0.15, -0.1) is 6.07 Å². The van der Waals surface area contributed by atoms with Crippen molar-refractivity contribution in [3.05, 3.63) is 61.5 Å². The molecule has 0 aliphatic rings. The number of benzene rings is 1. The average Bonchev–Trinajstić information content (AvgIpc) is 2.18. The summed E-state index contributed by atoms with van der Waals surface area (Å²) in [4.78, 5) is 4.06. The van der Waals surface area contributed by atoms with E-state index >= 15 is 0 Å². The minimum Gasteiger partial charge on any atom is -0.358 e. The molecule has 0 saturated heterocycles. The van der Waals surface area contributed by atoms with Crippen molar-refractivity contribution in [3.63, 3.8) is 0 Å². The Labute approximate surface area is 110 Å². The molecule has 0 saturated carbocycles. The van der Waals surface area contributed by atoms with E-state index < -0.39 is 0 Å². The van der Waals surface area contributed by atoms with Gasteiger partial charge in [0.1, 0.15) is 0 Å². The number of aromatic nitrogens is 1. The molecule has 1 nitrogen and oxygen atoms in total. The van der Waals surface area contributed by atoms with Crippen molar-refractivity contribution in [1.82, 2.24) is 4.98 Å². The second kappa shape index (κ2) is 6.54. The molecule has 0 fully saturated rings. The molecule has 1 aromatic heterocycles. The topological polar surface area (TPSA) is 12.9 Å². The van der Waals surface area contributed by atoms with Gasteiger partial charge in [0.25, 0.3) is 0 Å². The van der Waals surface area contributed by atoms with Crippen LogP contribution >= 0.6 is 0 Å². The molecule has 16 heavy (non-hydrogen) atoms. The van der Waals surface area contributed by atoms with E-state index in [0.717, 1.165) is 11.3 Å². The summed E-state index contributed by atoms with van der Waals surface area (Å²) in [5, 5.41) is 0. The van der Waals surface area contributed by atoms with Gasteiger partial charge in [-0.25, -0.2) is 4.39 Å². The molecule has 0 radical (unpaired) electrons. The maximum Gasteiger partial charge on any atom is 2.00 e. The molecule has 1 aromatic carbocycles. The van der Waals surface area contributed by atoms with Crippen LogP contribution in [0.2, 0.25) is 0 Å². The molecule has 2 aromatic rings. The Morgan fingerprint density at radius 3 is 2.69 bits per heavy atom. The van der Waals surface area contributed by atoms with E-state index in [4.69, 9.17) is 0 Å². The largest absolute Gasteiger partial charge is 2.00 e. The van der Waals surface area contributed by atoms with Crippen molar-refractivity contribution in [2.45, 2.75) is 6.92 Å². The summed E-state index contributed by atoms with van der Waals surface area (Å²) in [7, 11) is 0. The van der Waals surface area contributed by atoms with Crippen LogP contribution in [-0.2, 0) is 21.1 Å². The predicted molar refractivity (Wildman–Crippen MR) is 59.6 cm³/mol. The molecule has 1 heterocycles. The Kier molecular flexibility index (Phi) is 6.13. The summed E-state index contributed by atoms with van der Waals surface area (Å²) < 4.78 is 13.3. The standard InChI is InChI=1S/C12H9FN.CH3.W/c1-9-8-10(6-7-14-9)11-4-2-3-5-12(11)13;;/h2-4,6-8H,1H3;1H3;/q2*-1;+2. The maximum atomic E-state index is 13.3. The van der Waals surface area contributed by atoms with E-state index in [2.05, 4.69) is 11.1 Å². The fourth-order valence-corrected chi connectivity index (χ4v) is 1.35. The van der Waals surface area contributed by atoms with E-state index in [1.165, 1.54) is 0 Å². The van der Waals surface area contributed by atoms with Crippen molar-refractivity contribution in [2.75, 3.05) is 0 Å². The molecule has 3 heteroatoms. The molecule has 0 spiro atoms. The number of nitrogens with zero attached hydrogens (tertiary/aromatic N) is 1. The summed E-state index contributed by atoms with van der Waals surface area (Å²) in [6.45, 7) is 1.88. The third-order valence-corrected chi connectivity index (χ3v) is 2.01. The quantitative estimate of drug-likeness (QED) is 0.686. The van der Waals surface area contributed by atoms with Crippen LogP contribution in [0.25, 0.3) is 11.1 Å². The first-order chi connectivity index (χ1) is 6.77. The molecule has 0 aliphatic heterocycles. The number of rotatable bonds is 1. The molecule has 0 bridgehead atoms. The van der Waals surface area contributed by atoms with E-state index in [-0.39, 0.29) is 34.3 Å². The number of hydrogen-bond acceptors (Lipinski definition) is 1. The molecular formula is C13H12FNW. The first-order valence-electron chi connectivity index (χ1n) is 4.36. The fraction of sp³-hybridized carbons (Fsp3) is 0.0769. The summed E-state index contributed by atoms with van der Waals surface area (Å²) in [6, 6.07) is 11.2. The van der Waals surface area contributed by atoms with Gasteiger partial charge < -0.3 is 7.43 Å². The SMILES string of the molecule is Cc1cc(-c2ccc[c-]c2F)ccn1.[CH3-].[W+2]. The van der Waals surface area contributed by atoms with Crippen LogP contribution in [0.4, 0.5) is 4.39 Å². The number of hydrogen-bond donors (Lipinski definition) is 0. The molecule has 2 rings (SSSR count). The smallest absolute Gasteiger partial charge is 0.358 e. The number of halogens is 1. The molecular weight excluding hydrogens is 373 g/mol. The van der Waals surface area contributed by atoms with Gasteiger partial charge in [0.2, 0.25) is 0 Å². The Hall–Kier alpha value is -1.01. The van der Waals surface area contributed by atoms with E-state index in [9.17, 15) is 4.39 Å². The maximum absolute atomic E-state index is 13.3. The Morgan fingerprint density at radius 1 is 1.31 bits per heavy atom. The zero-order valence-corrected chi connectivity index (χ0v) is 12.1. The minimum absolute atomic E-state index is 0. The van der Waals surface area contributed by atoms with Gasteiger partial charge in [-0.1, -0.05) is 11.1 Å². The van der Waals surface area contributed by atoms with Crippen LogP contribution in [0.15, 0.2) is 36.5 Å². The van der Waals surface area contributed by atoms with Gasteiger partial charge in [-0.05, 0) is 19.1 Å². The average molecular weight is 385 g/mol. The van der Waals surface area contributed by atoms with E-state index in [0.29, 0.717) is 5.56 Å². The fourth-order valence-electron chi connectivity index (χ4n) is 1.35. The molecule has 0 unspecified atom stereocenters. The summed E-state index contributed by atoms with van der Waals surface area (Å²) in [5.41, 5.74) is 2.29. The van der Waals surface area contributed by atoms with Crippen LogP contribution in [0.5, 0.6) is 0 Å². The van der Waals surface area contributed by atoms with Crippen molar-refractivity contribution < 1.29 is 25.5 Å². The normalized spacial score (nSPS) is 8.88. The molecule has 0 N–H and O–H groups in total. The van der Waals surface area contributed by atoms with Gasteiger partial charge in [-0.2, -0.15) is 18.2 Å². The van der Waals surface area contributed by atoms with Crippen molar-refractivity contribution in [1.29, 1.82) is 0 Å². The van der Waals surface area contributed by atoms with Crippen LogP contribution < -0.4 is 0 Å². The Morgan fingerprint density at radius 2 is 2.06 bits per heavy atom. The zero-order valence-electron chi connectivity index (χ0n) is 9.20. The first kappa shape index (κ1) is 15.0. The van der Waals surface area contributed by atoms with Gasteiger partial charge in [0.05, 0.1) is 0 Å².